The summed E-state index contributed by atoms with van der Waals surface area (Å²) in [5.74, 6) is 0.0319. The molecule has 0 saturated carbocycles. The molecule has 20 heavy (non-hydrogen) atoms. The Balaban J connectivity index is 1.96. The summed E-state index contributed by atoms with van der Waals surface area (Å²) < 4.78 is 26.4. The number of aromatic nitrogens is 1. The van der Waals surface area contributed by atoms with Crippen LogP contribution in [0.1, 0.15) is 24.2 Å². The van der Waals surface area contributed by atoms with E-state index in [2.05, 4.69) is 9.71 Å². The third-order valence-electron chi connectivity index (χ3n) is 2.73. The van der Waals surface area contributed by atoms with Crippen LogP contribution in [-0.2, 0) is 16.4 Å². The van der Waals surface area contributed by atoms with E-state index in [9.17, 15) is 8.42 Å². The Hall–Kier alpha value is -1.44. The number of nitrogens with one attached hydrogen (secondary N) is 1. The second-order valence-corrected chi connectivity index (χ2v) is 7.22. The first kappa shape index (κ1) is 15.0. The van der Waals surface area contributed by atoms with Gasteiger partial charge in [-0.3, -0.25) is 4.72 Å². The molecule has 1 atom stereocenters. The number of aryl methyl sites for hydroxylation is 1. The predicted octanol–water partition coefficient (Wildman–Crippen LogP) is 2.15. The highest BCUT2D eigenvalue weighted by Crippen LogP contribution is 2.20. The first-order chi connectivity index (χ1) is 9.46. The first-order valence-corrected chi connectivity index (χ1v) is 8.75. The van der Waals surface area contributed by atoms with Crippen LogP contribution in [0.25, 0.3) is 0 Å². The monoisotopic (exact) mass is 311 g/mol. The van der Waals surface area contributed by atoms with Gasteiger partial charge in [0.15, 0.2) is 5.13 Å². The zero-order valence-corrected chi connectivity index (χ0v) is 12.7. The summed E-state index contributed by atoms with van der Waals surface area (Å²) >= 11 is 1.25. The predicted molar refractivity (Wildman–Crippen MR) is 82.3 cm³/mol. The second-order valence-electron chi connectivity index (χ2n) is 4.52. The Bertz CT molecular complexity index is 651. The molecule has 7 heteroatoms. The van der Waals surface area contributed by atoms with Crippen molar-refractivity contribution in [3.63, 3.8) is 0 Å². The molecule has 0 fully saturated rings. The Kier molecular flexibility index (Phi) is 4.74. The molecule has 0 spiro atoms. The molecule has 5 nitrogen and oxygen atoms in total. The van der Waals surface area contributed by atoms with Gasteiger partial charge < -0.3 is 5.73 Å². The molecule has 1 aromatic heterocycles. The van der Waals surface area contributed by atoms with Gasteiger partial charge >= 0.3 is 0 Å². The van der Waals surface area contributed by atoms with E-state index in [1.165, 1.54) is 11.3 Å². The molecular weight excluding hydrogens is 294 g/mol. The molecule has 0 aliphatic carbocycles. The van der Waals surface area contributed by atoms with Crippen molar-refractivity contribution < 1.29 is 8.42 Å². The Labute approximate surface area is 122 Å². The molecule has 0 aliphatic rings. The van der Waals surface area contributed by atoms with Gasteiger partial charge in [-0.1, -0.05) is 30.3 Å². The lowest BCUT2D eigenvalue weighted by Gasteiger charge is -2.05. The van der Waals surface area contributed by atoms with Gasteiger partial charge in [-0.05, 0) is 18.9 Å². The van der Waals surface area contributed by atoms with Crippen molar-refractivity contribution in [3.8, 4) is 0 Å². The van der Waals surface area contributed by atoms with Gasteiger partial charge in [0, 0.05) is 11.4 Å². The fourth-order valence-corrected chi connectivity index (χ4v) is 3.77. The van der Waals surface area contributed by atoms with Crippen LogP contribution in [0.4, 0.5) is 5.13 Å². The van der Waals surface area contributed by atoms with Crippen molar-refractivity contribution in [2.75, 3.05) is 10.5 Å². The largest absolute Gasteiger partial charge is 0.323 e. The third-order valence-corrected chi connectivity index (χ3v) is 4.88. The number of sulfonamides is 1. The minimum Gasteiger partial charge on any atom is -0.323 e. The van der Waals surface area contributed by atoms with Crippen LogP contribution in [0.2, 0.25) is 0 Å². The van der Waals surface area contributed by atoms with Gasteiger partial charge in [-0.2, -0.15) is 0 Å². The molecule has 0 bridgehead atoms. The average Bonchev–Trinajstić information content (AvgIpc) is 2.86. The van der Waals surface area contributed by atoms with E-state index in [1.807, 2.05) is 37.3 Å². The Morgan fingerprint density at radius 1 is 1.35 bits per heavy atom. The lowest BCUT2D eigenvalue weighted by molar-refractivity contribution is 0.600. The van der Waals surface area contributed by atoms with E-state index >= 15 is 0 Å². The summed E-state index contributed by atoms with van der Waals surface area (Å²) in [5, 5.41) is 2.13. The standard InChI is InChI=1S/C13H17N3O2S2/c1-10(14)12-9-19-13(15-12)16-20(17,18)8-7-11-5-3-2-4-6-11/h2-6,9-10H,7-8,14H2,1H3,(H,15,16). The summed E-state index contributed by atoms with van der Waals surface area (Å²) in [6.07, 6.45) is 0.474. The molecule has 108 valence electrons. The van der Waals surface area contributed by atoms with Gasteiger partial charge in [0.25, 0.3) is 0 Å². The summed E-state index contributed by atoms with van der Waals surface area (Å²) in [4.78, 5) is 4.15. The highest BCUT2D eigenvalue weighted by Gasteiger charge is 2.14. The quantitative estimate of drug-likeness (QED) is 0.856. The maximum atomic E-state index is 12.0. The third kappa shape index (κ3) is 4.29. The normalized spacial score (nSPS) is 13.1. The molecule has 1 heterocycles. The van der Waals surface area contributed by atoms with Crippen LogP contribution in [0.15, 0.2) is 35.7 Å². The SMILES string of the molecule is CC(N)c1csc(NS(=O)(=O)CCc2ccccc2)n1. The molecular formula is C13H17N3O2S2. The highest BCUT2D eigenvalue weighted by molar-refractivity contribution is 7.92. The molecule has 0 aliphatic heterocycles. The van der Waals surface area contributed by atoms with E-state index in [0.717, 1.165) is 5.56 Å². The highest BCUT2D eigenvalue weighted by atomic mass is 32.2. The average molecular weight is 311 g/mol. The van der Waals surface area contributed by atoms with Crippen LogP contribution in [0, 0.1) is 0 Å². The number of rotatable bonds is 6. The van der Waals surface area contributed by atoms with Gasteiger partial charge in [0.2, 0.25) is 10.0 Å². The Morgan fingerprint density at radius 3 is 2.65 bits per heavy atom. The van der Waals surface area contributed by atoms with Crippen molar-refractivity contribution >= 4 is 26.5 Å². The molecule has 3 N–H and O–H groups in total. The number of hydrogen-bond acceptors (Lipinski definition) is 5. The molecule has 1 unspecified atom stereocenters. The van der Waals surface area contributed by atoms with Gasteiger partial charge in [-0.25, -0.2) is 13.4 Å². The minimum absolute atomic E-state index is 0.0319. The van der Waals surface area contributed by atoms with Crippen LogP contribution >= 0.6 is 11.3 Å². The van der Waals surface area contributed by atoms with Gasteiger partial charge in [0.05, 0.1) is 11.4 Å². The number of nitrogens with two attached hydrogens (primary N) is 1. The molecule has 0 amide bonds. The van der Waals surface area contributed by atoms with Crippen molar-refractivity contribution in [3.05, 3.63) is 47.0 Å². The van der Waals surface area contributed by atoms with E-state index < -0.39 is 10.0 Å². The van der Waals surface area contributed by atoms with Crippen LogP contribution in [0.3, 0.4) is 0 Å². The van der Waals surface area contributed by atoms with Crippen molar-refractivity contribution in [2.45, 2.75) is 19.4 Å². The van der Waals surface area contributed by atoms with Crippen LogP contribution < -0.4 is 10.5 Å². The fraction of sp³-hybridized carbons (Fsp3) is 0.308. The molecule has 2 rings (SSSR count). The molecule has 0 radical (unpaired) electrons. The summed E-state index contributed by atoms with van der Waals surface area (Å²) in [6.45, 7) is 1.81. The number of benzene rings is 1. The van der Waals surface area contributed by atoms with E-state index in [-0.39, 0.29) is 11.8 Å². The maximum absolute atomic E-state index is 12.0. The summed E-state index contributed by atoms with van der Waals surface area (Å²) in [6, 6.07) is 9.31. The van der Waals surface area contributed by atoms with Gasteiger partial charge in [0.1, 0.15) is 0 Å². The lowest BCUT2D eigenvalue weighted by Crippen LogP contribution is -2.18. The van der Waals surface area contributed by atoms with Crippen LogP contribution in [-0.4, -0.2) is 19.2 Å². The van der Waals surface area contributed by atoms with E-state index in [0.29, 0.717) is 17.2 Å². The van der Waals surface area contributed by atoms with E-state index in [4.69, 9.17) is 5.73 Å². The fourth-order valence-electron chi connectivity index (χ4n) is 1.62. The molecule has 2 aromatic rings. The van der Waals surface area contributed by atoms with Crippen molar-refractivity contribution in [1.82, 2.24) is 4.98 Å². The van der Waals surface area contributed by atoms with Crippen molar-refractivity contribution in [1.29, 1.82) is 0 Å². The van der Waals surface area contributed by atoms with Gasteiger partial charge in [-0.15, -0.1) is 11.3 Å². The number of hydrogen-bond donors (Lipinski definition) is 2. The zero-order valence-electron chi connectivity index (χ0n) is 11.1. The zero-order chi connectivity index (χ0) is 14.6. The van der Waals surface area contributed by atoms with Crippen molar-refractivity contribution in [2.24, 2.45) is 5.73 Å². The molecule has 0 saturated heterocycles. The lowest BCUT2D eigenvalue weighted by atomic mass is 10.2. The first-order valence-electron chi connectivity index (χ1n) is 6.22. The summed E-state index contributed by atoms with van der Waals surface area (Å²) in [7, 11) is -3.39. The molecule has 1 aromatic carbocycles. The summed E-state index contributed by atoms with van der Waals surface area (Å²) in [5.41, 5.74) is 7.38. The Morgan fingerprint density at radius 2 is 2.05 bits per heavy atom. The number of nitrogens with zero attached hydrogens (tertiary/aromatic N) is 1. The second kappa shape index (κ2) is 6.34. The number of thiazole rings is 1. The smallest absolute Gasteiger partial charge is 0.234 e. The minimum atomic E-state index is -3.39. The van der Waals surface area contributed by atoms with E-state index in [1.54, 1.807) is 5.38 Å². The number of anilines is 1. The van der Waals surface area contributed by atoms with Crippen LogP contribution in [0.5, 0.6) is 0 Å². The maximum Gasteiger partial charge on any atom is 0.234 e. The topological polar surface area (TPSA) is 85.1 Å².